The molecule has 1 aromatic carbocycles. The van der Waals surface area contributed by atoms with Crippen LogP contribution in [0.5, 0.6) is 0 Å². The maximum Gasteiger partial charge on any atom is 0.416 e. The Morgan fingerprint density at radius 3 is 2.56 bits per heavy atom. The first kappa shape index (κ1) is 27.7. The lowest BCUT2D eigenvalue weighted by atomic mass is 9.81. The van der Waals surface area contributed by atoms with Gasteiger partial charge in [0.25, 0.3) is 5.91 Å². The topological polar surface area (TPSA) is 111 Å². The van der Waals surface area contributed by atoms with Crippen LogP contribution in [-0.2, 0) is 38.2 Å². The summed E-state index contributed by atoms with van der Waals surface area (Å²) in [6.45, 7) is -0.362. The molecule has 13 heteroatoms. The van der Waals surface area contributed by atoms with Gasteiger partial charge in [-0.2, -0.15) is 18.3 Å². The molecule has 3 aliphatic rings. The quantitative estimate of drug-likeness (QED) is 0.314. The molecular formula is C30H30F3N7O3. The lowest BCUT2D eigenvalue weighted by Gasteiger charge is -2.36. The summed E-state index contributed by atoms with van der Waals surface area (Å²) in [7, 11) is 3.62. The Balaban J connectivity index is 1.26. The Morgan fingerprint density at radius 1 is 1.12 bits per heavy atom. The highest BCUT2D eigenvalue weighted by atomic mass is 19.4. The predicted octanol–water partition coefficient (Wildman–Crippen LogP) is 4.77. The zero-order chi connectivity index (χ0) is 30.1. The fraction of sp³-hybridized carbons (Fsp3) is 0.433. The molecule has 2 fully saturated rings. The van der Waals surface area contributed by atoms with Crippen molar-refractivity contribution in [3.8, 4) is 22.6 Å². The number of fused-ring (bicyclic) bond motifs is 1. The zero-order valence-electron chi connectivity index (χ0n) is 23.7. The van der Waals surface area contributed by atoms with E-state index in [4.69, 9.17) is 9.72 Å². The standard InChI is InChI=1S/C30H30F3N7O3/c1-38-16-34-37-27(38)21-12-35-39(2)26(21)19-10-24(18-4-5-18)36-25(11-19)40-13-22-20(28(40)41)8-17(9-23(22)30(31,32)33)14-43-15-29(42)6-3-7-29/h8-12,16,18,42H,3-7,13-15H2,1-2H3. The van der Waals surface area contributed by atoms with Crippen LogP contribution in [0.1, 0.15) is 70.8 Å². The van der Waals surface area contributed by atoms with E-state index in [2.05, 4.69) is 15.3 Å². The lowest BCUT2D eigenvalue weighted by Crippen LogP contribution is -2.41. The van der Waals surface area contributed by atoms with Crippen LogP contribution in [0.3, 0.4) is 0 Å². The van der Waals surface area contributed by atoms with Crippen LogP contribution in [-0.4, -0.2) is 52.8 Å². The van der Waals surface area contributed by atoms with Crippen LogP contribution in [0.25, 0.3) is 22.6 Å². The third kappa shape index (κ3) is 4.99. The van der Waals surface area contributed by atoms with E-state index in [0.717, 1.165) is 47.8 Å². The molecule has 1 amide bonds. The number of carbonyl (C=O) groups excluding carboxylic acids is 1. The van der Waals surface area contributed by atoms with Crippen LogP contribution in [0.4, 0.5) is 19.0 Å². The summed E-state index contributed by atoms with van der Waals surface area (Å²) in [5.41, 5.74) is 1.31. The summed E-state index contributed by atoms with van der Waals surface area (Å²) in [6, 6.07) is 6.20. The number of nitrogens with zero attached hydrogens (tertiary/aromatic N) is 7. The number of aliphatic hydroxyl groups is 1. The Labute approximate surface area is 245 Å². The number of ether oxygens (including phenoxy) is 1. The van der Waals surface area contributed by atoms with E-state index in [1.54, 1.807) is 34.9 Å². The molecular weight excluding hydrogens is 563 g/mol. The summed E-state index contributed by atoms with van der Waals surface area (Å²) in [5, 5.41) is 22.9. The number of amides is 1. The molecule has 2 aliphatic carbocycles. The van der Waals surface area contributed by atoms with Gasteiger partial charge in [-0.1, -0.05) is 0 Å². The first-order chi connectivity index (χ1) is 20.5. The van der Waals surface area contributed by atoms with E-state index in [1.807, 2.05) is 13.1 Å². The molecule has 10 nitrogen and oxygen atoms in total. The van der Waals surface area contributed by atoms with Crippen LogP contribution < -0.4 is 4.90 Å². The molecule has 0 atom stereocenters. The Hall–Kier alpha value is -4.10. The molecule has 7 rings (SSSR count). The van der Waals surface area contributed by atoms with Crippen LogP contribution in [0, 0.1) is 0 Å². The lowest BCUT2D eigenvalue weighted by molar-refractivity contribution is -0.138. The third-order valence-corrected chi connectivity index (χ3v) is 8.60. The van der Waals surface area contributed by atoms with Gasteiger partial charge in [-0.3, -0.25) is 14.4 Å². The van der Waals surface area contributed by atoms with Gasteiger partial charge < -0.3 is 14.4 Å². The molecule has 0 unspecified atom stereocenters. The highest BCUT2D eigenvalue weighted by Crippen LogP contribution is 2.44. The second-order valence-corrected chi connectivity index (χ2v) is 11.8. The molecule has 0 spiro atoms. The minimum atomic E-state index is -4.67. The van der Waals surface area contributed by atoms with Gasteiger partial charge in [0.1, 0.15) is 12.1 Å². The van der Waals surface area contributed by atoms with Crippen molar-refractivity contribution in [1.82, 2.24) is 29.5 Å². The van der Waals surface area contributed by atoms with E-state index in [0.29, 0.717) is 18.7 Å². The number of hydrogen-bond acceptors (Lipinski definition) is 7. The van der Waals surface area contributed by atoms with E-state index in [9.17, 15) is 23.1 Å². The van der Waals surface area contributed by atoms with Crippen molar-refractivity contribution < 1.29 is 27.8 Å². The summed E-state index contributed by atoms with van der Waals surface area (Å²) >= 11 is 0. The highest BCUT2D eigenvalue weighted by molar-refractivity contribution is 6.10. The molecule has 4 aromatic rings. The molecule has 224 valence electrons. The van der Waals surface area contributed by atoms with Crippen molar-refractivity contribution in [3.05, 3.63) is 64.7 Å². The number of halogens is 3. The number of rotatable bonds is 8. The first-order valence-electron chi connectivity index (χ1n) is 14.2. The van der Waals surface area contributed by atoms with E-state index in [-0.39, 0.29) is 48.2 Å². The van der Waals surface area contributed by atoms with Crippen LogP contribution in [0.2, 0.25) is 0 Å². The molecule has 4 heterocycles. The predicted molar refractivity (Wildman–Crippen MR) is 149 cm³/mol. The monoisotopic (exact) mass is 593 g/mol. The summed E-state index contributed by atoms with van der Waals surface area (Å²) in [5.74, 6) is 0.548. The number of hydrogen-bond donors (Lipinski definition) is 1. The fourth-order valence-electron chi connectivity index (χ4n) is 5.95. The van der Waals surface area contributed by atoms with Gasteiger partial charge in [0, 0.05) is 36.8 Å². The maximum atomic E-state index is 14.3. The minimum absolute atomic E-state index is 0.0173. The molecule has 0 saturated heterocycles. The van der Waals surface area contributed by atoms with Gasteiger partial charge in [-0.15, -0.1) is 10.2 Å². The third-order valence-electron chi connectivity index (χ3n) is 8.60. The van der Waals surface area contributed by atoms with E-state index >= 15 is 0 Å². The van der Waals surface area contributed by atoms with Gasteiger partial charge in [-0.25, -0.2) is 4.98 Å². The summed E-state index contributed by atoms with van der Waals surface area (Å²) in [6.07, 6.45) is 2.60. The normalized spacial score (nSPS) is 17.8. The largest absolute Gasteiger partial charge is 0.416 e. The SMILES string of the molecule is Cn1cnnc1-c1cnn(C)c1-c1cc(C2CC2)nc(N2Cc3c(cc(COCC4(O)CCC4)cc3C(F)(F)F)C2=O)c1. The van der Waals surface area contributed by atoms with E-state index in [1.165, 1.54) is 11.0 Å². The number of aryl methyl sites for hydroxylation is 2. The van der Waals surface area contributed by atoms with Gasteiger partial charge >= 0.3 is 6.18 Å². The molecule has 0 bridgehead atoms. The average molecular weight is 594 g/mol. The van der Waals surface area contributed by atoms with Crippen molar-refractivity contribution in [2.24, 2.45) is 14.1 Å². The molecule has 1 aliphatic heterocycles. The van der Waals surface area contributed by atoms with Crippen molar-refractivity contribution >= 4 is 11.7 Å². The number of carbonyl (C=O) groups is 1. The Kier molecular flexibility index (Phi) is 6.43. The Morgan fingerprint density at radius 2 is 1.91 bits per heavy atom. The number of aromatic nitrogens is 6. The summed E-state index contributed by atoms with van der Waals surface area (Å²) < 4.78 is 51.9. The van der Waals surface area contributed by atoms with Crippen molar-refractivity contribution in [2.45, 2.75) is 63.0 Å². The second kappa shape index (κ2) is 9.98. The maximum absolute atomic E-state index is 14.3. The first-order valence-corrected chi connectivity index (χ1v) is 14.2. The van der Waals surface area contributed by atoms with Crippen molar-refractivity contribution in [1.29, 1.82) is 0 Å². The fourth-order valence-corrected chi connectivity index (χ4v) is 5.95. The molecule has 3 aromatic heterocycles. The average Bonchev–Trinajstić information content (AvgIpc) is 3.49. The number of benzene rings is 1. The number of anilines is 1. The van der Waals surface area contributed by atoms with Crippen molar-refractivity contribution in [2.75, 3.05) is 11.5 Å². The van der Waals surface area contributed by atoms with Crippen LogP contribution in [0.15, 0.2) is 36.8 Å². The molecule has 0 radical (unpaired) electrons. The Bertz CT molecular complexity index is 1740. The summed E-state index contributed by atoms with van der Waals surface area (Å²) in [4.78, 5) is 19.9. The van der Waals surface area contributed by atoms with Gasteiger partial charge in [0.15, 0.2) is 5.82 Å². The number of alkyl halides is 3. The second-order valence-electron chi connectivity index (χ2n) is 11.8. The van der Waals surface area contributed by atoms with Gasteiger partial charge in [-0.05, 0) is 67.5 Å². The van der Waals surface area contributed by atoms with Crippen molar-refractivity contribution in [3.63, 3.8) is 0 Å². The minimum Gasteiger partial charge on any atom is -0.387 e. The number of pyridine rings is 1. The zero-order valence-corrected chi connectivity index (χ0v) is 23.7. The molecule has 2 saturated carbocycles. The smallest absolute Gasteiger partial charge is 0.387 e. The van der Waals surface area contributed by atoms with Gasteiger partial charge in [0.2, 0.25) is 0 Å². The molecule has 43 heavy (non-hydrogen) atoms. The van der Waals surface area contributed by atoms with Crippen LogP contribution >= 0.6 is 0 Å². The molecule has 1 N–H and O–H groups in total. The van der Waals surface area contributed by atoms with E-state index < -0.39 is 23.2 Å². The highest BCUT2D eigenvalue weighted by Gasteiger charge is 2.41. The van der Waals surface area contributed by atoms with Gasteiger partial charge in [0.05, 0.1) is 48.4 Å².